The van der Waals surface area contributed by atoms with Crippen molar-refractivity contribution in [2.75, 3.05) is 9.80 Å². The minimum Gasteiger partial charge on any atom is -0.455 e. The van der Waals surface area contributed by atoms with Gasteiger partial charge in [0.1, 0.15) is 11.2 Å². The van der Waals surface area contributed by atoms with Crippen molar-refractivity contribution in [2.24, 2.45) is 0 Å². The van der Waals surface area contributed by atoms with Crippen molar-refractivity contribution < 1.29 is 4.42 Å². The van der Waals surface area contributed by atoms with Crippen molar-refractivity contribution >= 4 is 66.8 Å². The Morgan fingerprint density at radius 2 is 0.595 bits per heavy atom. The average molecular weight is 1010 g/mol. The van der Waals surface area contributed by atoms with E-state index in [9.17, 15) is 0 Å². The second kappa shape index (κ2) is 20.6. The van der Waals surface area contributed by atoms with Gasteiger partial charge in [-0.05, 0) is 134 Å². The molecule has 3 nitrogen and oxygen atoms in total. The van der Waals surface area contributed by atoms with E-state index < -0.39 is 0 Å². The molecule has 0 bridgehead atoms. The largest absolute Gasteiger partial charge is 0.455 e. The number of rotatable bonds is 12. The lowest BCUT2D eigenvalue weighted by molar-refractivity contribution is 0.670. The highest BCUT2D eigenvalue weighted by atomic mass is 16.3. The molecule has 0 amide bonds. The van der Waals surface area contributed by atoms with Crippen molar-refractivity contribution in [2.45, 2.75) is 0 Å². The van der Waals surface area contributed by atoms with E-state index >= 15 is 0 Å². The molecule has 0 unspecified atom stereocenters. The Hall–Kier alpha value is -10.5. The number of furan rings is 1. The number of fused-ring (bicyclic) bond motifs is 4. The maximum absolute atomic E-state index is 6.71. The second-order valence-electron chi connectivity index (χ2n) is 20.0. The van der Waals surface area contributed by atoms with Gasteiger partial charge in [-0.2, -0.15) is 0 Å². The van der Waals surface area contributed by atoms with Gasteiger partial charge in [-0.25, -0.2) is 0 Å². The molecule has 14 rings (SSSR count). The molecule has 0 atom stereocenters. The summed E-state index contributed by atoms with van der Waals surface area (Å²) >= 11 is 0. The zero-order valence-electron chi connectivity index (χ0n) is 43.3. The third kappa shape index (κ3) is 8.99. The van der Waals surface area contributed by atoms with Crippen LogP contribution < -0.4 is 9.80 Å². The molecule has 0 aliphatic heterocycles. The Kier molecular flexibility index (Phi) is 12.2. The van der Waals surface area contributed by atoms with Crippen LogP contribution in [0.4, 0.5) is 34.1 Å². The molecule has 0 saturated carbocycles. The predicted molar refractivity (Wildman–Crippen MR) is 333 cm³/mol. The van der Waals surface area contributed by atoms with E-state index in [-0.39, 0.29) is 0 Å². The lowest BCUT2D eigenvalue weighted by atomic mass is 9.94. The Labute approximate surface area is 460 Å². The predicted octanol–water partition coefficient (Wildman–Crippen LogP) is 21.7. The zero-order chi connectivity index (χ0) is 52.5. The van der Waals surface area contributed by atoms with Gasteiger partial charge in [0.25, 0.3) is 0 Å². The van der Waals surface area contributed by atoms with Gasteiger partial charge in [0.2, 0.25) is 0 Å². The van der Waals surface area contributed by atoms with Crippen molar-refractivity contribution in [1.82, 2.24) is 0 Å². The Morgan fingerprint density at radius 3 is 1.15 bits per heavy atom. The van der Waals surface area contributed by atoms with Crippen LogP contribution in [-0.2, 0) is 0 Å². The van der Waals surface area contributed by atoms with Crippen LogP contribution in [0.1, 0.15) is 0 Å². The molecular formula is C76H52N2O. The highest BCUT2D eigenvalue weighted by Gasteiger charge is 2.22. The molecule has 13 aromatic carbocycles. The summed E-state index contributed by atoms with van der Waals surface area (Å²) in [5.74, 6) is 0. The van der Waals surface area contributed by atoms with Gasteiger partial charge in [-0.15, -0.1) is 0 Å². The topological polar surface area (TPSA) is 19.6 Å². The first-order valence-corrected chi connectivity index (χ1v) is 27.0. The van der Waals surface area contributed by atoms with Crippen LogP contribution >= 0.6 is 0 Å². The number of anilines is 6. The van der Waals surface area contributed by atoms with E-state index in [4.69, 9.17) is 4.42 Å². The highest BCUT2D eigenvalue weighted by molar-refractivity contribution is 6.13. The number of nitrogens with zero attached hydrogens (tertiary/aromatic N) is 2. The van der Waals surface area contributed by atoms with Gasteiger partial charge in [-0.1, -0.05) is 243 Å². The summed E-state index contributed by atoms with van der Waals surface area (Å²) in [5.41, 5.74) is 21.8. The van der Waals surface area contributed by atoms with Crippen LogP contribution in [0, 0.1) is 0 Å². The maximum atomic E-state index is 6.71. The normalized spacial score (nSPS) is 11.3. The van der Waals surface area contributed by atoms with E-state index in [1.165, 1.54) is 27.5 Å². The molecule has 0 saturated heterocycles. The Bertz CT molecular complexity index is 4490. The third-order valence-electron chi connectivity index (χ3n) is 15.2. The summed E-state index contributed by atoms with van der Waals surface area (Å²) in [6, 6.07) is 114. The van der Waals surface area contributed by atoms with E-state index in [1.807, 2.05) is 0 Å². The van der Waals surface area contributed by atoms with Crippen LogP contribution in [0.15, 0.2) is 320 Å². The molecule has 0 fully saturated rings. The molecule has 79 heavy (non-hydrogen) atoms. The first kappa shape index (κ1) is 47.0. The van der Waals surface area contributed by atoms with Crippen LogP contribution in [-0.4, -0.2) is 0 Å². The minimum absolute atomic E-state index is 0.894. The van der Waals surface area contributed by atoms with Gasteiger partial charge < -0.3 is 14.2 Å². The van der Waals surface area contributed by atoms with Crippen molar-refractivity contribution in [3.05, 3.63) is 315 Å². The SMILES string of the molecule is c1ccc(-c2ccccc2-c2cccc(N(c3cccc(-c4cccc(N(c5ccc(-c6cccc7c6oc6cc8ccccc8cc67)cc5)c5ccccc5-c5ccccc5)c4)c3)c3ccccc3-c3ccccc3)c2)cc1. The molecule has 1 heterocycles. The van der Waals surface area contributed by atoms with E-state index in [1.54, 1.807) is 0 Å². The average Bonchev–Trinajstić information content (AvgIpc) is 4.14. The van der Waals surface area contributed by atoms with Gasteiger partial charge in [-0.3, -0.25) is 0 Å². The molecule has 0 aliphatic carbocycles. The Balaban J connectivity index is 0.886. The monoisotopic (exact) mass is 1010 g/mol. The smallest absolute Gasteiger partial charge is 0.143 e. The summed E-state index contributed by atoms with van der Waals surface area (Å²) in [6.07, 6.45) is 0. The van der Waals surface area contributed by atoms with E-state index in [0.717, 1.165) is 106 Å². The third-order valence-corrected chi connectivity index (χ3v) is 15.2. The highest BCUT2D eigenvalue weighted by Crippen LogP contribution is 2.47. The fourth-order valence-corrected chi connectivity index (χ4v) is 11.5. The van der Waals surface area contributed by atoms with Crippen LogP contribution in [0.25, 0.3) is 99.5 Å². The first-order valence-electron chi connectivity index (χ1n) is 27.0. The lowest BCUT2D eigenvalue weighted by Crippen LogP contribution is -2.12. The van der Waals surface area contributed by atoms with Crippen LogP contribution in [0.3, 0.4) is 0 Å². The maximum Gasteiger partial charge on any atom is 0.143 e. The van der Waals surface area contributed by atoms with Gasteiger partial charge in [0.05, 0.1) is 11.4 Å². The molecule has 0 N–H and O–H groups in total. The number of benzene rings is 13. The summed E-state index contributed by atoms with van der Waals surface area (Å²) in [7, 11) is 0. The molecule has 0 radical (unpaired) electrons. The van der Waals surface area contributed by atoms with Crippen LogP contribution in [0.5, 0.6) is 0 Å². The minimum atomic E-state index is 0.894. The van der Waals surface area contributed by atoms with E-state index in [0.29, 0.717) is 0 Å². The summed E-state index contributed by atoms with van der Waals surface area (Å²) in [5, 5.41) is 4.61. The van der Waals surface area contributed by atoms with Crippen molar-refractivity contribution in [3.63, 3.8) is 0 Å². The molecule has 0 aliphatic rings. The van der Waals surface area contributed by atoms with Crippen molar-refractivity contribution in [3.8, 4) is 66.8 Å². The molecule has 372 valence electrons. The molecule has 0 spiro atoms. The van der Waals surface area contributed by atoms with Crippen molar-refractivity contribution in [1.29, 1.82) is 0 Å². The quantitative estimate of drug-likeness (QED) is 0.122. The summed E-state index contributed by atoms with van der Waals surface area (Å²) in [6.45, 7) is 0. The molecule has 14 aromatic rings. The second-order valence-corrected chi connectivity index (χ2v) is 20.0. The summed E-state index contributed by atoms with van der Waals surface area (Å²) in [4.78, 5) is 4.82. The number of hydrogen-bond donors (Lipinski definition) is 0. The van der Waals surface area contributed by atoms with E-state index in [2.05, 4.69) is 325 Å². The first-order chi connectivity index (χ1) is 39.2. The molecule has 1 aromatic heterocycles. The Morgan fingerprint density at radius 1 is 0.215 bits per heavy atom. The fourth-order valence-electron chi connectivity index (χ4n) is 11.5. The molecule has 3 heteroatoms. The molecular weight excluding hydrogens is 957 g/mol. The number of para-hydroxylation sites is 3. The zero-order valence-corrected chi connectivity index (χ0v) is 43.3. The van der Waals surface area contributed by atoms with Crippen LogP contribution in [0.2, 0.25) is 0 Å². The summed E-state index contributed by atoms with van der Waals surface area (Å²) < 4.78 is 6.71. The van der Waals surface area contributed by atoms with Gasteiger partial charge >= 0.3 is 0 Å². The van der Waals surface area contributed by atoms with Gasteiger partial charge in [0, 0.05) is 50.2 Å². The lowest BCUT2D eigenvalue weighted by Gasteiger charge is -2.29. The standard InChI is InChI=1S/C76H52N2O/c1-4-22-53(23-5-1)66-36-12-13-37-67(66)61-32-20-35-65(50-61)78(74-43-17-15-39-69(74)55-26-8-3-9-27-55)64-34-19-31-58(49-64)57-30-18-33-63(48-57)77(73-42-16-14-38-68(73)54-24-6-2-7-25-54)62-46-44-56(45-47-62)70-40-21-41-71-72-51-59-28-10-11-29-60(59)52-75(72)79-76(70)71/h1-52H. The fraction of sp³-hybridized carbons (Fsp3) is 0. The number of hydrogen-bond acceptors (Lipinski definition) is 3. The van der Waals surface area contributed by atoms with Gasteiger partial charge in [0.15, 0.2) is 0 Å².